The quantitative estimate of drug-likeness (QED) is 0.749. The summed E-state index contributed by atoms with van der Waals surface area (Å²) in [5.41, 5.74) is -0.401. The normalized spacial score (nSPS) is 22.5. The minimum atomic E-state index is -2.02. The Kier molecular flexibility index (Phi) is 2.23. The second-order valence-electron chi connectivity index (χ2n) is 3.96. The van der Waals surface area contributed by atoms with Crippen LogP contribution < -0.4 is 0 Å². The molecule has 0 saturated carbocycles. The van der Waals surface area contributed by atoms with E-state index in [9.17, 15) is 4.79 Å². The number of alkyl halides is 1. The second kappa shape index (κ2) is 3.64. The smallest absolute Gasteiger partial charge is 0.224 e. The summed E-state index contributed by atoms with van der Waals surface area (Å²) in [5, 5.41) is 3.47. The summed E-state index contributed by atoms with van der Waals surface area (Å²) < 4.78 is 15.1. The number of hydrogen-bond acceptors (Lipinski definition) is 2. The van der Waals surface area contributed by atoms with Crippen LogP contribution in [0, 0.1) is 0 Å². The molecule has 84 valence electrons. The van der Waals surface area contributed by atoms with Crippen LogP contribution in [0.3, 0.4) is 0 Å². The number of allylic oxidation sites excluding steroid dienone is 1. The number of carbonyl (C=O) groups is 1. The monoisotopic (exact) mass is 244 g/mol. The van der Waals surface area contributed by atoms with E-state index in [1.54, 1.807) is 35.0 Å². The average molecular weight is 244 g/mol. The van der Waals surface area contributed by atoms with Crippen LogP contribution in [0.5, 0.6) is 0 Å². The van der Waals surface area contributed by atoms with Gasteiger partial charge in [0.05, 0.1) is 0 Å². The van der Waals surface area contributed by atoms with E-state index in [4.69, 9.17) is 0 Å². The highest BCUT2D eigenvalue weighted by Gasteiger charge is 2.44. The standard InChI is InChI=1S/C14H9FOS/c15-14(11-7-8-17-9-11)12-4-2-1-3-10(12)5-6-13(14)16/h1-9H. The fourth-order valence-corrected chi connectivity index (χ4v) is 2.82. The zero-order chi connectivity index (χ0) is 11.9. The van der Waals surface area contributed by atoms with Gasteiger partial charge in [-0.05, 0) is 28.5 Å². The average Bonchev–Trinajstić information content (AvgIpc) is 2.88. The molecule has 0 spiro atoms. The Morgan fingerprint density at radius 3 is 2.71 bits per heavy atom. The molecule has 0 aliphatic heterocycles. The number of ketones is 1. The van der Waals surface area contributed by atoms with E-state index in [-0.39, 0.29) is 0 Å². The Morgan fingerprint density at radius 2 is 1.94 bits per heavy atom. The molecule has 1 nitrogen and oxygen atoms in total. The molecule has 1 atom stereocenters. The minimum Gasteiger partial charge on any atom is -0.290 e. The van der Waals surface area contributed by atoms with E-state index < -0.39 is 11.5 Å². The Morgan fingerprint density at radius 1 is 1.12 bits per heavy atom. The van der Waals surface area contributed by atoms with Crippen molar-refractivity contribution in [3.8, 4) is 0 Å². The van der Waals surface area contributed by atoms with Gasteiger partial charge in [0.15, 0.2) is 0 Å². The molecule has 17 heavy (non-hydrogen) atoms. The summed E-state index contributed by atoms with van der Waals surface area (Å²) in [7, 11) is 0. The molecule has 2 aromatic rings. The second-order valence-corrected chi connectivity index (χ2v) is 4.74. The summed E-state index contributed by atoms with van der Waals surface area (Å²) in [5.74, 6) is -0.505. The predicted molar refractivity (Wildman–Crippen MR) is 66.7 cm³/mol. The van der Waals surface area contributed by atoms with Gasteiger partial charge < -0.3 is 0 Å². The van der Waals surface area contributed by atoms with E-state index in [1.807, 2.05) is 12.1 Å². The van der Waals surface area contributed by atoms with Gasteiger partial charge in [0.2, 0.25) is 11.5 Å². The zero-order valence-electron chi connectivity index (χ0n) is 8.89. The number of thiophene rings is 1. The summed E-state index contributed by atoms with van der Waals surface area (Å²) in [6.07, 6.45) is 2.99. The van der Waals surface area contributed by atoms with Crippen molar-refractivity contribution < 1.29 is 9.18 Å². The third-order valence-electron chi connectivity index (χ3n) is 3.00. The molecule has 3 rings (SSSR count). The molecule has 1 aromatic carbocycles. The van der Waals surface area contributed by atoms with Crippen LogP contribution in [0.2, 0.25) is 0 Å². The minimum absolute atomic E-state index is 0.421. The summed E-state index contributed by atoms with van der Waals surface area (Å²) in [6, 6.07) is 8.75. The topological polar surface area (TPSA) is 17.1 Å². The molecule has 1 aliphatic rings. The molecule has 0 fully saturated rings. The maximum atomic E-state index is 15.1. The molecule has 0 saturated heterocycles. The Hall–Kier alpha value is -1.74. The van der Waals surface area contributed by atoms with E-state index in [2.05, 4.69) is 0 Å². The van der Waals surface area contributed by atoms with Crippen molar-refractivity contribution in [2.45, 2.75) is 5.67 Å². The highest BCUT2D eigenvalue weighted by molar-refractivity contribution is 7.08. The first-order chi connectivity index (χ1) is 8.23. The Balaban J connectivity index is 2.29. The fourth-order valence-electron chi connectivity index (χ4n) is 2.13. The van der Waals surface area contributed by atoms with E-state index in [1.165, 1.54) is 17.4 Å². The summed E-state index contributed by atoms with van der Waals surface area (Å²) in [6.45, 7) is 0. The van der Waals surface area contributed by atoms with Crippen LogP contribution in [0.25, 0.3) is 6.08 Å². The number of hydrogen-bond donors (Lipinski definition) is 0. The van der Waals surface area contributed by atoms with Crippen LogP contribution in [-0.4, -0.2) is 5.78 Å². The zero-order valence-corrected chi connectivity index (χ0v) is 9.71. The molecule has 3 heteroatoms. The summed E-state index contributed by atoms with van der Waals surface area (Å²) in [4.78, 5) is 11.9. The van der Waals surface area contributed by atoms with Crippen molar-refractivity contribution in [3.63, 3.8) is 0 Å². The lowest BCUT2D eigenvalue weighted by Crippen LogP contribution is -2.33. The summed E-state index contributed by atoms with van der Waals surface area (Å²) >= 11 is 1.39. The van der Waals surface area contributed by atoms with E-state index >= 15 is 4.39 Å². The van der Waals surface area contributed by atoms with Gasteiger partial charge in [0.1, 0.15) is 0 Å². The lowest BCUT2D eigenvalue weighted by Gasteiger charge is -2.27. The van der Waals surface area contributed by atoms with Gasteiger partial charge in [0.25, 0.3) is 0 Å². The number of rotatable bonds is 1. The van der Waals surface area contributed by atoms with Crippen LogP contribution in [0.15, 0.2) is 47.2 Å². The van der Waals surface area contributed by atoms with Crippen LogP contribution >= 0.6 is 11.3 Å². The van der Waals surface area contributed by atoms with Gasteiger partial charge in [-0.25, -0.2) is 4.39 Å². The van der Waals surface area contributed by atoms with Crippen molar-refractivity contribution in [1.29, 1.82) is 0 Å². The highest BCUT2D eigenvalue weighted by Crippen LogP contribution is 2.41. The molecule has 1 aliphatic carbocycles. The highest BCUT2D eigenvalue weighted by atomic mass is 32.1. The van der Waals surface area contributed by atoms with Gasteiger partial charge in [-0.15, -0.1) is 0 Å². The molecule has 0 amide bonds. The lowest BCUT2D eigenvalue weighted by molar-refractivity contribution is -0.123. The van der Waals surface area contributed by atoms with Crippen LogP contribution in [0.4, 0.5) is 4.39 Å². The van der Waals surface area contributed by atoms with Gasteiger partial charge >= 0.3 is 0 Å². The molecule has 0 N–H and O–H groups in total. The third-order valence-corrected chi connectivity index (χ3v) is 3.69. The maximum absolute atomic E-state index is 15.1. The molecule has 1 unspecified atom stereocenters. The van der Waals surface area contributed by atoms with Gasteiger partial charge in [-0.2, -0.15) is 11.3 Å². The molecular formula is C14H9FOS. The van der Waals surface area contributed by atoms with Crippen molar-refractivity contribution >= 4 is 23.2 Å². The number of halogens is 1. The largest absolute Gasteiger partial charge is 0.290 e. The SMILES string of the molecule is O=C1C=Cc2ccccc2C1(F)c1ccsc1. The van der Waals surface area contributed by atoms with Crippen molar-refractivity contribution in [3.05, 3.63) is 63.9 Å². The van der Waals surface area contributed by atoms with Crippen LogP contribution in [0.1, 0.15) is 16.7 Å². The van der Waals surface area contributed by atoms with Crippen molar-refractivity contribution in [2.24, 2.45) is 0 Å². The van der Waals surface area contributed by atoms with E-state index in [0.29, 0.717) is 11.1 Å². The molecule has 1 aromatic heterocycles. The molecule has 0 radical (unpaired) electrons. The van der Waals surface area contributed by atoms with Gasteiger partial charge in [0, 0.05) is 11.1 Å². The van der Waals surface area contributed by atoms with Gasteiger partial charge in [-0.3, -0.25) is 4.79 Å². The maximum Gasteiger partial charge on any atom is 0.224 e. The first-order valence-electron chi connectivity index (χ1n) is 5.26. The molecule has 1 heterocycles. The first-order valence-corrected chi connectivity index (χ1v) is 6.21. The number of carbonyl (C=O) groups excluding carboxylic acids is 1. The van der Waals surface area contributed by atoms with Crippen LogP contribution in [-0.2, 0) is 10.5 Å². The van der Waals surface area contributed by atoms with Crippen molar-refractivity contribution in [2.75, 3.05) is 0 Å². The third kappa shape index (κ3) is 1.39. The fraction of sp³-hybridized carbons (Fsp3) is 0.0714. The lowest BCUT2D eigenvalue weighted by atomic mass is 9.80. The van der Waals surface area contributed by atoms with Gasteiger partial charge in [-0.1, -0.05) is 30.3 Å². The Bertz CT molecular complexity index is 600. The first kappa shape index (κ1) is 10.4. The number of benzene rings is 1. The molecular weight excluding hydrogens is 235 g/mol. The Labute approximate surface area is 102 Å². The van der Waals surface area contributed by atoms with E-state index in [0.717, 1.165) is 5.56 Å². The number of fused-ring (bicyclic) bond motifs is 1. The predicted octanol–water partition coefficient (Wildman–Crippen LogP) is 3.56. The van der Waals surface area contributed by atoms with Crippen molar-refractivity contribution in [1.82, 2.24) is 0 Å². The molecule has 0 bridgehead atoms.